The summed E-state index contributed by atoms with van der Waals surface area (Å²) in [6.45, 7) is 10.2. The van der Waals surface area contributed by atoms with Crippen LogP contribution in [0.2, 0.25) is 0 Å². The van der Waals surface area contributed by atoms with E-state index >= 15 is 0 Å². The van der Waals surface area contributed by atoms with Crippen molar-refractivity contribution in [1.29, 1.82) is 0 Å². The molecule has 1 aromatic carbocycles. The van der Waals surface area contributed by atoms with Crippen LogP contribution in [0.1, 0.15) is 30.5 Å². The number of benzene rings is 1. The van der Waals surface area contributed by atoms with Crippen LogP contribution in [0.25, 0.3) is 0 Å². The third-order valence-corrected chi connectivity index (χ3v) is 2.74. The van der Waals surface area contributed by atoms with Gasteiger partial charge in [-0.3, -0.25) is 0 Å². The Morgan fingerprint density at radius 1 is 1.19 bits per heavy atom. The molecule has 0 spiro atoms. The van der Waals surface area contributed by atoms with Gasteiger partial charge in [-0.15, -0.1) is 0 Å². The van der Waals surface area contributed by atoms with Crippen LogP contribution in [0.3, 0.4) is 0 Å². The lowest BCUT2D eigenvalue weighted by Crippen LogP contribution is -2.43. The maximum atomic E-state index is 5.90. The van der Waals surface area contributed by atoms with E-state index in [4.69, 9.17) is 5.73 Å². The van der Waals surface area contributed by atoms with Crippen molar-refractivity contribution in [3.63, 3.8) is 0 Å². The molecular weight excluding hydrogens is 196 g/mol. The van der Waals surface area contributed by atoms with Gasteiger partial charge in [0.1, 0.15) is 0 Å². The molecule has 90 valence electrons. The second kappa shape index (κ2) is 5.46. The number of hydrogen-bond acceptors (Lipinski definition) is 2. The molecule has 0 aromatic heterocycles. The van der Waals surface area contributed by atoms with Gasteiger partial charge in [-0.2, -0.15) is 0 Å². The molecule has 16 heavy (non-hydrogen) atoms. The third-order valence-electron chi connectivity index (χ3n) is 2.74. The summed E-state index contributed by atoms with van der Waals surface area (Å²) in [6.07, 6.45) is 1.07. The van der Waals surface area contributed by atoms with Crippen molar-refractivity contribution in [2.75, 3.05) is 13.1 Å². The first-order valence-corrected chi connectivity index (χ1v) is 5.94. The molecule has 0 saturated carbocycles. The molecule has 0 saturated heterocycles. The Bertz CT molecular complexity index is 337. The summed E-state index contributed by atoms with van der Waals surface area (Å²) in [5, 5.41) is 3.38. The molecule has 0 atom stereocenters. The van der Waals surface area contributed by atoms with Crippen LogP contribution in [-0.2, 0) is 6.42 Å². The fourth-order valence-corrected chi connectivity index (χ4v) is 1.60. The van der Waals surface area contributed by atoms with Crippen LogP contribution in [-0.4, -0.2) is 18.6 Å². The van der Waals surface area contributed by atoms with Crippen molar-refractivity contribution in [3.8, 4) is 0 Å². The summed E-state index contributed by atoms with van der Waals surface area (Å²) >= 11 is 0. The summed E-state index contributed by atoms with van der Waals surface area (Å²) in [5.41, 5.74) is 9.90. The topological polar surface area (TPSA) is 38.0 Å². The summed E-state index contributed by atoms with van der Waals surface area (Å²) in [4.78, 5) is 0. The molecule has 3 N–H and O–H groups in total. The highest BCUT2D eigenvalue weighted by molar-refractivity contribution is 5.30. The molecule has 0 aliphatic carbocycles. The van der Waals surface area contributed by atoms with E-state index < -0.39 is 0 Å². The van der Waals surface area contributed by atoms with Gasteiger partial charge in [0, 0.05) is 12.1 Å². The molecule has 0 aliphatic heterocycles. The van der Waals surface area contributed by atoms with E-state index in [1.165, 1.54) is 16.7 Å². The molecule has 1 rings (SSSR count). The fraction of sp³-hybridized carbons (Fsp3) is 0.571. The van der Waals surface area contributed by atoms with Crippen molar-refractivity contribution >= 4 is 0 Å². The highest BCUT2D eigenvalue weighted by atomic mass is 14.9. The lowest BCUT2D eigenvalue weighted by Gasteiger charge is -2.19. The van der Waals surface area contributed by atoms with E-state index in [1.807, 2.05) is 13.8 Å². The lowest BCUT2D eigenvalue weighted by molar-refractivity contribution is 0.469. The summed E-state index contributed by atoms with van der Waals surface area (Å²) in [6, 6.07) is 6.67. The summed E-state index contributed by atoms with van der Waals surface area (Å²) in [5.74, 6) is 0. The molecular formula is C14H24N2. The first-order valence-electron chi connectivity index (χ1n) is 5.94. The maximum absolute atomic E-state index is 5.90. The SMILES string of the molecule is Cc1ccc(CCNCC(C)(C)N)cc1C. The van der Waals surface area contributed by atoms with Gasteiger partial charge >= 0.3 is 0 Å². The predicted octanol–water partition coefficient (Wildman–Crippen LogP) is 2.17. The van der Waals surface area contributed by atoms with E-state index in [0.29, 0.717) is 0 Å². The zero-order chi connectivity index (χ0) is 12.2. The Morgan fingerprint density at radius 2 is 1.88 bits per heavy atom. The fourth-order valence-electron chi connectivity index (χ4n) is 1.60. The van der Waals surface area contributed by atoms with Gasteiger partial charge in [-0.25, -0.2) is 0 Å². The van der Waals surface area contributed by atoms with Gasteiger partial charge in [0.15, 0.2) is 0 Å². The molecule has 0 aliphatic rings. The smallest absolute Gasteiger partial charge is 0.0223 e. The monoisotopic (exact) mass is 220 g/mol. The summed E-state index contributed by atoms with van der Waals surface area (Å²) in [7, 11) is 0. The predicted molar refractivity (Wildman–Crippen MR) is 70.8 cm³/mol. The third kappa shape index (κ3) is 4.77. The first kappa shape index (κ1) is 13.2. The van der Waals surface area contributed by atoms with Gasteiger partial charge in [0.05, 0.1) is 0 Å². The minimum atomic E-state index is -0.122. The summed E-state index contributed by atoms with van der Waals surface area (Å²) < 4.78 is 0. The Labute approximate surface area is 99.2 Å². The van der Waals surface area contributed by atoms with E-state index in [0.717, 1.165) is 19.5 Å². The molecule has 0 bridgehead atoms. The first-order chi connectivity index (χ1) is 7.38. The molecule has 1 aromatic rings. The minimum Gasteiger partial charge on any atom is -0.324 e. The second-order valence-electron chi connectivity index (χ2n) is 5.33. The molecule has 0 heterocycles. The van der Waals surface area contributed by atoms with Crippen molar-refractivity contribution in [1.82, 2.24) is 5.32 Å². The molecule has 0 amide bonds. The van der Waals surface area contributed by atoms with E-state index in [2.05, 4.69) is 37.4 Å². The average molecular weight is 220 g/mol. The lowest BCUT2D eigenvalue weighted by atomic mass is 10.0. The number of nitrogens with two attached hydrogens (primary N) is 1. The quantitative estimate of drug-likeness (QED) is 0.746. The Hall–Kier alpha value is -0.860. The van der Waals surface area contributed by atoms with Crippen LogP contribution in [0.4, 0.5) is 0 Å². The molecule has 0 fully saturated rings. The zero-order valence-electron chi connectivity index (χ0n) is 10.9. The standard InChI is InChI=1S/C14H24N2/c1-11-5-6-13(9-12(11)2)7-8-16-10-14(3,4)15/h5-6,9,16H,7-8,10,15H2,1-4H3. The Morgan fingerprint density at radius 3 is 2.44 bits per heavy atom. The molecule has 2 nitrogen and oxygen atoms in total. The van der Waals surface area contributed by atoms with Crippen LogP contribution < -0.4 is 11.1 Å². The maximum Gasteiger partial charge on any atom is 0.0223 e. The van der Waals surface area contributed by atoms with Crippen LogP contribution >= 0.6 is 0 Å². The van der Waals surface area contributed by atoms with Crippen LogP contribution in [0.5, 0.6) is 0 Å². The van der Waals surface area contributed by atoms with Crippen molar-refractivity contribution < 1.29 is 0 Å². The number of hydrogen-bond donors (Lipinski definition) is 2. The normalized spacial score (nSPS) is 11.8. The van der Waals surface area contributed by atoms with Gasteiger partial charge in [0.25, 0.3) is 0 Å². The van der Waals surface area contributed by atoms with E-state index in [-0.39, 0.29) is 5.54 Å². The highest BCUT2D eigenvalue weighted by Gasteiger charge is 2.08. The number of aryl methyl sites for hydroxylation is 2. The van der Waals surface area contributed by atoms with Crippen LogP contribution in [0.15, 0.2) is 18.2 Å². The van der Waals surface area contributed by atoms with Gasteiger partial charge < -0.3 is 11.1 Å². The van der Waals surface area contributed by atoms with Crippen molar-refractivity contribution in [2.45, 2.75) is 39.7 Å². The van der Waals surface area contributed by atoms with Crippen LogP contribution in [0, 0.1) is 13.8 Å². The average Bonchev–Trinajstić information content (AvgIpc) is 2.17. The van der Waals surface area contributed by atoms with E-state index in [1.54, 1.807) is 0 Å². The minimum absolute atomic E-state index is 0.122. The highest BCUT2D eigenvalue weighted by Crippen LogP contribution is 2.09. The van der Waals surface area contributed by atoms with Gasteiger partial charge in [-0.1, -0.05) is 18.2 Å². The molecule has 2 heteroatoms. The Kier molecular flexibility index (Phi) is 4.51. The Balaban J connectivity index is 2.35. The second-order valence-corrected chi connectivity index (χ2v) is 5.33. The zero-order valence-corrected chi connectivity index (χ0v) is 10.9. The molecule has 0 unspecified atom stereocenters. The van der Waals surface area contributed by atoms with Crippen molar-refractivity contribution in [3.05, 3.63) is 34.9 Å². The number of rotatable bonds is 5. The van der Waals surface area contributed by atoms with Gasteiger partial charge in [0.2, 0.25) is 0 Å². The molecule has 0 radical (unpaired) electrons. The van der Waals surface area contributed by atoms with E-state index in [9.17, 15) is 0 Å². The number of nitrogens with one attached hydrogen (secondary N) is 1. The van der Waals surface area contributed by atoms with Crippen molar-refractivity contribution in [2.24, 2.45) is 5.73 Å². The largest absolute Gasteiger partial charge is 0.324 e. The van der Waals surface area contributed by atoms with Gasteiger partial charge in [-0.05, 0) is 57.4 Å².